The van der Waals surface area contributed by atoms with Crippen molar-refractivity contribution in [2.75, 3.05) is 19.7 Å². The molecule has 5 nitrogen and oxygen atoms in total. The molecule has 2 atom stereocenters. The summed E-state index contributed by atoms with van der Waals surface area (Å²) in [5.41, 5.74) is 0.232. The largest absolute Gasteiger partial charge is 0.482 e. The number of nitrogens with zero attached hydrogens (tertiary/aromatic N) is 1. The molecule has 0 spiro atoms. The topological polar surface area (TPSA) is 70.0 Å². The second-order valence-electron chi connectivity index (χ2n) is 6.18. The van der Waals surface area contributed by atoms with Crippen LogP contribution < -0.4 is 4.74 Å². The van der Waals surface area contributed by atoms with Gasteiger partial charge in [-0.05, 0) is 37.5 Å². The summed E-state index contributed by atoms with van der Waals surface area (Å²) < 4.78 is 5.33. The Balaban J connectivity index is 2.08. The molecule has 22 heavy (non-hydrogen) atoms. The van der Waals surface area contributed by atoms with Gasteiger partial charge >= 0.3 is 5.97 Å². The number of piperidine rings is 1. The summed E-state index contributed by atoms with van der Waals surface area (Å²) in [6, 6.07) is 5.19. The van der Waals surface area contributed by atoms with E-state index in [1.54, 1.807) is 18.2 Å². The average molecular weight is 328 g/mol. The second kappa shape index (κ2) is 6.86. The summed E-state index contributed by atoms with van der Waals surface area (Å²) >= 11 is 6.04. The number of aliphatic carboxylic acids is 1. The van der Waals surface area contributed by atoms with E-state index in [1.165, 1.54) is 0 Å². The fraction of sp³-hybridized carbons (Fsp3) is 0.562. The van der Waals surface area contributed by atoms with Crippen molar-refractivity contribution in [3.05, 3.63) is 28.8 Å². The molecule has 0 amide bonds. The Morgan fingerprint density at radius 3 is 2.91 bits per heavy atom. The average Bonchev–Trinajstić information content (AvgIpc) is 2.42. The molecule has 1 aromatic rings. The number of likely N-dealkylation sites (tertiary alicyclic amines) is 1. The minimum atomic E-state index is -1.01. The van der Waals surface area contributed by atoms with E-state index < -0.39 is 11.6 Å². The lowest BCUT2D eigenvalue weighted by molar-refractivity contribution is -0.139. The maximum absolute atomic E-state index is 10.7. The van der Waals surface area contributed by atoms with Crippen molar-refractivity contribution in [1.29, 1.82) is 0 Å². The Morgan fingerprint density at radius 1 is 1.55 bits per heavy atom. The molecule has 0 aliphatic carbocycles. The molecule has 0 unspecified atom stereocenters. The van der Waals surface area contributed by atoms with Crippen LogP contribution in [0.1, 0.15) is 25.8 Å². The summed E-state index contributed by atoms with van der Waals surface area (Å²) in [7, 11) is 0. The van der Waals surface area contributed by atoms with Crippen molar-refractivity contribution in [3.63, 3.8) is 0 Å². The monoisotopic (exact) mass is 327 g/mol. The van der Waals surface area contributed by atoms with Crippen molar-refractivity contribution < 1.29 is 19.7 Å². The molecule has 1 fully saturated rings. The summed E-state index contributed by atoms with van der Waals surface area (Å²) in [5, 5.41) is 19.6. The van der Waals surface area contributed by atoms with Crippen LogP contribution in [0.15, 0.2) is 18.2 Å². The third-order valence-corrected chi connectivity index (χ3v) is 4.53. The van der Waals surface area contributed by atoms with Gasteiger partial charge in [0.1, 0.15) is 5.75 Å². The van der Waals surface area contributed by atoms with E-state index in [-0.39, 0.29) is 12.5 Å². The first kappa shape index (κ1) is 17.1. The molecule has 0 radical (unpaired) electrons. The summed E-state index contributed by atoms with van der Waals surface area (Å²) in [4.78, 5) is 12.9. The molecule has 0 bridgehead atoms. The summed E-state index contributed by atoms with van der Waals surface area (Å²) in [6.45, 7) is 5.71. The number of aliphatic hydroxyl groups is 1. The first-order valence-corrected chi connectivity index (χ1v) is 7.73. The predicted molar refractivity (Wildman–Crippen MR) is 84.3 cm³/mol. The molecule has 2 N–H and O–H groups in total. The number of carboxylic acid groups (broad SMARTS) is 1. The second-order valence-corrected chi connectivity index (χ2v) is 6.61. The van der Waals surface area contributed by atoms with Gasteiger partial charge in [-0.1, -0.05) is 18.5 Å². The number of carboxylic acids is 1. The maximum Gasteiger partial charge on any atom is 0.341 e. The predicted octanol–water partition coefficient (Wildman–Crippen LogP) is 2.40. The minimum Gasteiger partial charge on any atom is -0.482 e. The first-order valence-electron chi connectivity index (χ1n) is 7.35. The highest BCUT2D eigenvalue weighted by atomic mass is 35.5. The number of hydrogen-bond donors (Lipinski definition) is 2. The Kier molecular flexibility index (Phi) is 5.32. The molecular weight excluding hydrogens is 306 g/mol. The van der Waals surface area contributed by atoms with Crippen molar-refractivity contribution in [3.8, 4) is 5.75 Å². The molecule has 2 rings (SSSR count). The van der Waals surface area contributed by atoms with E-state index in [0.29, 0.717) is 23.7 Å². The zero-order valence-corrected chi connectivity index (χ0v) is 13.6. The lowest BCUT2D eigenvalue weighted by Gasteiger charge is -2.41. The first-order chi connectivity index (χ1) is 10.3. The summed E-state index contributed by atoms with van der Waals surface area (Å²) in [5.74, 6) is -0.302. The van der Waals surface area contributed by atoms with E-state index in [0.717, 1.165) is 18.7 Å². The molecule has 1 heterocycles. The van der Waals surface area contributed by atoms with Crippen LogP contribution in [0.5, 0.6) is 5.75 Å². The highest BCUT2D eigenvalue weighted by molar-refractivity contribution is 6.30. The van der Waals surface area contributed by atoms with Crippen LogP contribution in [0, 0.1) is 5.92 Å². The standard InChI is InChI=1S/C16H22ClNO4/c1-11-8-18(6-5-16(11,2)21)9-12-7-13(17)3-4-14(12)22-10-15(19)20/h3-4,7,11,21H,5-6,8-10H2,1-2H3,(H,19,20)/t11-,16+/m1/s1. The highest BCUT2D eigenvalue weighted by Gasteiger charge is 2.34. The Hall–Kier alpha value is -1.30. The highest BCUT2D eigenvalue weighted by Crippen LogP contribution is 2.30. The quantitative estimate of drug-likeness (QED) is 0.869. The van der Waals surface area contributed by atoms with E-state index >= 15 is 0 Å². The molecule has 1 aliphatic heterocycles. The number of hydrogen-bond acceptors (Lipinski definition) is 4. The van der Waals surface area contributed by atoms with Gasteiger partial charge in [0, 0.05) is 30.2 Å². The lowest BCUT2D eigenvalue weighted by Crippen LogP contribution is -2.48. The molecule has 1 saturated heterocycles. The molecule has 1 aromatic carbocycles. The number of carbonyl (C=O) groups is 1. The molecule has 1 aliphatic rings. The van der Waals surface area contributed by atoms with Gasteiger partial charge in [-0.25, -0.2) is 4.79 Å². The zero-order valence-electron chi connectivity index (χ0n) is 12.9. The smallest absolute Gasteiger partial charge is 0.341 e. The number of rotatable bonds is 5. The third kappa shape index (κ3) is 4.35. The fourth-order valence-electron chi connectivity index (χ4n) is 2.64. The van der Waals surface area contributed by atoms with Crippen molar-refractivity contribution in [1.82, 2.24) is 4.90 Å². The van der Waals surface area contributed by atoms with Gasteiger partial charge in [0.25, 0.3) is 0 Å². The van der Waals surface area contributed by atoms with Crippen LogP contribution in [0.3, 0.4) is 0 Å². The van der Waals surface area contributed by atoms with Gasteiger partial charge in [0.15, 0.2) is 6.61 Å². The SMILES string of the molecule is C[C@@H]1CN(Cc2cc(Cl)ccc2OCC(=O)O)CC[C@]1(C)O. The molecule has 0 saturated carbocycles. The lowest BCUT2D eigenvalue weighted by atomic mass is 9.84. The van der Waals surface area contributed by atoms with Crippen LogP contribution in [0.2, 0.25) is 5.02 Å². The van der Waals surface area contributed by atoms with Gasteiger partial charge in [-0.15, -0.1) is 0 Å². The van der Waals surface area contributed by atoms with Crippen LogP contribution in [0.25, 0.3) is 0 Å². The number of halogens is 1. The normalized spacial score (nSPS) is 25.9. The fourth-order valence-corrected chi connectivity index (χ4v) is 2.84. The minimum absolute atomic E-state index is 0.170. The van der Waals surface area contributed by atoms with E-state index in [1.807, 2.05) is 13.8 Å². The molecule has 0 aromatic heterocycles. The van der Waals surface area contributed by atoms with Gasteiger partial charge < -0.3 is 14.9 Å². The van der Waals surface area contributed by atoms with Crippen molar-refractivity contribution >= 4 is 17.6 Å². The van der Waals surface area contributed by atoms with E-state index in [4.69, 9.17) is 21.4 Å². The molecular formula is C16H22ClNO4. The van der Waals surface area contributed by atoms with Gasteiger partial charge in [-0.3, -0.25) is 4.90 Å². The third-order valence-electron chi connectivity index (χ3n) is 4.30. The Bertz CT molecular complexity index is 547. The Morgan fingerprint density at radius 2 is 2.27 bits per heavy atom. The van der Waals surface area contributed by atoms with Gasteiger partial charge in [-0.2, -0.15) is 0 Å². The molecule has 122 valence electrons. The van der Waals surface area contributed by atoms with Crippen molar-refractivity contribution in [2.45, 2.75) is 32.4 Å². The van der Waals surface area contributed by atoms with E-state index in [2.05, 4.69) is 4.90 Å². The summed E-state index contributed by atoms with van der Waals surface area (Å²) in [6.07, 6.45) is 0.708. The number of ether oxygens (including phenoxy) is 1. The zero-order chi connectivity index (χ0) is 16.3. The van der Waals surface area contributed by atoms with E-state index in [9.17, 15) is 9.90 Å². The van der Waals surface area contributed by atoms with Crippen LogP contribution >= 0.6 is 11.6 Å². The van der Waals surface area contributed by atoms with Crippen LogP contribution in [0.4, 0.5) is 0 Å². The molecule has 6 heteroatoms. The van der Waals surface area contributed by atoms with Crippen molar-refractivity contribution in [2.24, 2.45) is 5.92 Å². The van der Waals surface area contributed by atoms with Gasteiger partial charge in [0.05, 0.1) is 5.60 Å². The van der Waals surface area contributed by atoms with Crippen LogP contribution in [-0.4, -0.2) is 46.4 Å². The van der Waals surface area contributed by atoms with Gasteiger partial charge in [0.2, 0.25) is 0 Å². The number of benzene rings is 1. The van der Waals surface area contributed by atoms with Crippen LogP contribution in [-0.2, 0) is 11.3 Å². The maximum atomic E-state index is 10.7. The Labute approximate surface area is 135 Å².